The lowest BCUT2D eigenvalue weighted by molar-refractivity contribution is -0.144. The fraction of sp³-hybridized carbons (Fsp3) is 0.167. The number of aromatic nitrogens is 2. The number of aryl methyl sites for hydroxylation is 1. The summed E-state index contributed by atoms with van der Waals surface area (Å²) in [6.07, 6.45) is -4.68. The van der Waals surface area contributed by atoms with Crippen LogP contribution in [0.25, 0.3) is 0 Å². The number of anilines is 3. The summed E-state index contributed by atoms with van der Waals surface area (Å²) in [4.78, 5) is 6.69. The van der Waals surface area contributed by atoms with Crippen LogP contribution in [0.1, 0.15) is 11.4 Å². The van der Waals surface area contributed by atoms with Gasteiger partial charge in [0.05, 0.1) is 10.7 Å². The van der Waals surface area contributed by atoms with Gasteiger partial charge in [0.1, 0.15) is 11.6 Å². The molecule has 0 unspecified atom stereocenters. The summed E-state index contributed by atoms with van der Waals surface area (Å²) >= 11 is 6.01. The predicted molar refractivity (Wildman–Crippen MR) is 74.3 cm³/mol. The van der Waals surface area contributed by atoms with Crippen LogP contribution in [0.15, 0.2) is 24.3 Å². The van der Waals surface area contributed by atoms with Gasteiger partial charge in [-0.15, -0.1) is 0 Å². The van der Waals surface area contributed by atoms with Gasteiger partial charge in [-0.25, -0.2) is 15.8 Å². The second-order valence-electron chi connectivity index (χ2n) is 4.16. The van der Waals surface area contributed by atoms with Crippen LogP contribution in [-0.2, 0) is 6.18 Å². The second kappa shape index (κ2) is 5.74. The number of benzene rings is 1. The molecule has 0 fully saturated rings. The number of hydrogen-bond donors (Lipinski definition) is 3. The Balaban J connectivity index is 2.45. The van der Waals surface area contributed by atoms with Crippen molar-refractivity contribution in [2.45, 2.75) is 13.1 Å². The van der Waals surface area contributed by atoms with E-state index in [1.165, 1.54) is 6.07 Å². The van der Waals surface area contributed by atoms with Crippen molar-refractivity contribution in [3.63, 3.8) is 0 Å². The SMILES string of the molecule is Cc1cccc(Cl)c1Nc1cc(NN)nc(C(F)(F)F)n1. The highest BCUT2D eigenvalue weighted by molar-refractivity contribution is 6.33. The van der Waals surface area contributed by atoms with Crippen LogP contribution in [0.2, 0.25) is 5.02 Å². The third-order valence-corrected chi connectivity index (χ3v) is 2.92. The van der Waals surface area contributed by atoms with Crippen LogP contribution in [0.3, 0.4) is 0 Å². The lowest BCUT2D eigenvalue weighted by Crippen LogP contribution is -2.16. The molecule has 0 aliphatic heterocycles. The molecule has 5 nitrogen and oxygen atoms in total. The molecule has 0 spiro atoms. The monoisotopic (exact) mass is 317 g/mol. The van der Waals surface area contributed by atoms with Gasteiger partial charge in [0.15, 0.2) is 0 Å². The number of hydrazine groups is 1. The van der Waals surface area contributed by atoms with Crippen LogP contribution in [0.5, 0.6) is 0 Å². The molecule has 21 heavy (non-hydrogen) atoms. The van der Waals surface area contributed by atoms with E-state index in [2.05, 4.69) is 20.7 Å². The Morgan fingerprint density at radius 2 is 1.86 bits per heavy atom. The summed E-state index contributed by atoms with van der Waals surface area (Å²) in [5.41, 5.74) is 3.30. The Bertz CT molecular complexity index is 640. The zero-order valence-corrected chi connectivity index (χ0v) is 11.5. The molecule has 9 heteroatoms. The first-order chi connectivity index (χ1) is 9.81. The molecule has 0 atom stereocenters. The normalized spacial score (nSPS) is 11.3. The number of rotatable bonds is 3. The van der Waals surface area contributed by atoms with Gasteiger partial charge in [-0.3, -0.25) is 0 Å². The molecular formula is C12H11ClF3N5. The number of para-hydroxylation sites is 1. The smallest absolute Gasteiger partial charge is 0.339 e. The lowest BCUT2D eigenvalue weighted by Gasteiger charge is -2.13. The summed E-state index contributed by atoms with van der Waals surface area (Å²) in [7, 11) is 0. The number of nitrogens with one attached hydrogen (secondary N) is 2. The van der Waals surface area contributed by atoms with E-state index in [9.17, 15) is 13.2 Å². The van der Waals surface area contributed by atoms with Crippen LogP contribution >= 0.6 is 11.6 Å². The summed E-state index contributed by atoms with van der Waals surface area (Å²) in [6, 6.07) is 6.36. The number of nitrogen functional groups attached to an aromatic ring is 1. The van der Waals surface area contributed by atoms with Crippen molar-refractivity contribution in [1.82, 2.24) is 9.97 Å². The van der Waals surface area contributed by atoms with Crippen molar-refractivity contribution in [3.05, 3.63) is 40.7 Å². The van der Waals surface area contributed by atoms with Crippen molar-refractivity contribution < 1.29 is 13.2 Å². The minimum Gasteiger partial charge on any atom is -0.339 e. The van der Waals surface area contributed by atoms with Crippen LogP contribution in [0, 0.1) is 6.92 Å². The maximum Gasteiger partial charge on any atom is 0.451 e. The van der Waals surface area contributed by atoms with Gasteiger partial charge in [-0.05, 0) is 18.6 Å². The average Bonchev–Trinajstić information content (AvgIpc) is 2.42. The molecule has 2 aromatic rings. The quantitative estimate of drug-likeness (QED) is 0.597. The van der Waals surface area contributed by atoms with Crippen LogP contribution < -0.4 is 16.6 Å². The second-order valence-corrected chi connectivity index (χ2v) is 4.57. The van der Waals surface area contributed by atoms with Gasteiger partial charge in [0, 0.05) is 6.07 Å². The molecule has 0 aliphatic rings. The first kappa shape index (κ1) is 15.3. The molecule has 1 aromatic carbocycles. The van der Waals surface area contributed by atoms with Gasteiger partial charge in [-0.1, -0.05) is 23.7 Å². The zero-order chi connectivity index (χ0) is 15.6. The molecule has 0 aliphatic carbocycles. The molecule has 0 amide bonds. The first-order valence-corrected chi connectivity index (χ1v) is 6.14. The van der Waals surface area contributed by atoms with Crippen molar-refractivity contribution in [3.8, 4) is 0 Å². The fourth-order valence-electron chi connectivity index (χ4n) is 1.63. The van der Waals surface area contributed by atoms with E-state index in [1.807, 2.05) is 0 Å². The van der Waals surface area contributed by atoms with Gasteiger partial charge >= 0.3 is 6.18 Å². The summed E-state index contributed by atoms with van der Waals surface area (Å²) in [6.45, 7) is 1.77. The van der Waals surface area contributed by atoms with Crippen molar-refractivity contribution in [1.29, 1.82) is 0 Å². The lowest BCUT2D eigenvalue weighted by atomic mass is 10.2. The van der Waals surface area contributed by atoms with E-state index in [-0.39, 0.29) is 11.6 Å². The van der Waals surface area contributed by atoms with E-state index in [4.69, 9.17) is 17.4 Å². The number of nitrogens with two attached hydrogens (primary N) is 1. The van der Waals surface area contributed by atoms with Crippen LogP contribution in [-0.4, -0.2) is 9.97 Å². The molecule has 4 N–H and O–H groups in total. The van der Waals surface area contributed by atoms with E-state index in [1.54, 1.807) is 25.1 Å². The molecule has 1 aromatic heterocycles. The van der Waals surface area contributed by atoms with Gasteiger partial charge in [-0.2, -0.15) is 13.2 Å². The topological polar surface area (TPSA) is 75.9 Å². The molecule has 112 valence electrons. The molecule has 0 saturated heterocycles. The predicted octanol–water partition coefficient (Wildman–Crippen LogP) is 3.49. The Labute approximate surface area is 123 Å². The zero-order valence-electron chi connectivity index (χ0n) is 10.8. The van der Waals surface area contributed by atoms with Gasteiger partial charge in [0.25, 0.3) is 0 Å². The number of alkyl halides is 3. The average molecular weight is 318 g/mol. The molecule has 0 radical (unpaired) electrons. The minimum atomic E-state index is -4.68. The largest absolute Gasteiger partial charge is 0.451 e. The molecular weight excluding hydrogens is 307 g/mol. The molecule has 1 heterocycles. The standard InChI is InChI=1S/C12H11ClF3N5/c1-6-3-2-4-7(13)10(6)18-8-5-9(21-17)20-11(19-8)12(14,15)16/h2-5H,17H2,1H3,(H2,18,19,20,21). The number of hydrogen-bond acceptors (Lipinski definition) is 5. The van der Waals surface area contributed by atoms with Crippen molar-refractivity contribution in [2.24, 2.45) is 5.84 Å². The van der Waals surface area contributed by atoms with Crippen molar-refractivity contribution >= 4 is 28.9 Å². The van der Waals surface area contributed by atoms with E-state index in [0.717, 1.165) is 5.56 Å². The Hall–Kier alpha value is -2.06. The Morgan fingerprint density at radius 3 is 2.43 bits per heavy atom. The fourth-order valence-corrected chi connectivity index (χ4v) is 1.90. The highest BCUT2D eigenvalue weighted by Gasteiger charge is 2.35. The molecule has 0 saturated carbocycles. The highest BCUT2D eigenvalue weighted by Crippen LogP contribution is 2.31. The molecule has 0 bridgehead atoms. The Kier molecular flexibility index (Phi) is 4.19. The van der Waals surface area contributed by atoms with E-state index in [0.29, 0.717) is 10.7 Å². The van der Waals surface area contributed by atoms with Crippen LogP contribution in [0.4, 0.5) is 30.5 Å². The summed E-state index contributed by atoms with van der Waals surface area (Å²) in [5.74, 6) is 3.59. The van der Waals surface area contributed by atoms with Gasteiger partial charge < -0.3 is 10.7 Å². The Morgan fingerprint density at radius 1 is 1.19 bits per heavy atom. The van der Waals surface area contributed by atoms with E-state index < -0.39 is 12.0 Å². The van der Waals surface area contributed by atoms with Crippen molar-refractivity contribution in [2.75, 3.05) is 10.7 Å². The third-order valence-electron chi connectivity index (χ3n) is 2.60. The maximum atomic E-state index is 12.7. The minimum absolute atomic E-state index is 0.0681. The van der Waals surface area contributed by atoms with Gasteiger partial charge in [0.2, 0.25) is 5.82 Å². The summed E-state index contributed by atoms with van der Waals surface area (Å²) < 4.78 is 38.2. The number of nitrogens with zero attached hydrogens (tertiary/aromatic N) is 2. The first-order valence-electron chi connectivity index (χ1n) is 5.76. The highest BCUT2D eigenvalue weighted by atomic mass is 35.5. The van der Waals surface area contributed by atoms with E-state index >= 15 is 0 Å². The maximum absolute atomic E-state index is 12.7. The summed E-state index contributed by atoms with van der Waals surface area (Å²) in [5, 5.41) is 3.11. The number of halogens is 4. The molecule has 2 rings (SSSR count). The third kappa shape index (κ3) is 3.53.